The summed E-state index contributed by atoms with van der Waals surface area (Å²) in [7, 11) is 0. The molecule has 3 aliphatic heterocycles. The van der Waals surface area contributed by atoms with Crippen molar-refractivity contribution < 1.29 is 29.0 Å². The maximum atomic E-state index is 13.9. The van der Waals surface area contributed by atoms with Gasteiger partial charge in [-0.1, -0.05) is 32.1 Å². The van der Waals surface area contributed by atoms with Crippen LogP contribution in [0.5, 0.6) is 0 Å². The Labute approximate surface area is 190 Å². The van der Waals surface area contributed by atoms with Crippen LogP contribution in [0, 0.1) is 11.8 Å². The Hall–Kier alpha value is -2.19. The van der Waals surface area contributed by atoms with Crippen LogP contribution < -0.4 is 0 Å². The number of hydrogen-bond donors (Lipinski definition) is 1. The zero-order valence-corrected chi connectivity index (χ0v) is 19.3. The molecule has 0 aliphatic carbocycles. The number of carbonyl (C=O) groups excluding carboxylic acids is 3. The van der Waals surface area contributed by atoms with Crippen molar-refractivity contribution >= 4 is 17.8 Å². The Kier molecular flexibility index (Phi) is 7.45. The van der Waals surface area contributed by atoms with E-state index in [0.717, 1.165) is 12.8 Å². The van der Waals surface area contributed by atoms with Gasteiger partial charge in [-0.2, -0.15) is 0 Å². The zero-order chi connectivity index (χ0) is 23.5. The van der Waals surface area contributed by atoms with Gasteiger partial charge >= 0.3 is 5.97 Å². The topological polar surface area (TPSA) is 96.4 Å². The lowest BCUT2D eigenvalue weighted by atomic mass is 9.66. The molecule has 2 bridgehead atoms. The van der Waals surface area contributed by atoms with Crippen LogP contribution in [-0.4, -0.2) is 82.8 Å². The number of unbranched alkanes of at least 4 members (excludes halogenated alkanes) is 1. The molecule has 0 radical (unpaired) electrons. The van der Waals surface area contributed by atoms with Crippen molar-refractivity contribution in [3.8, 4) is 0 Å². The van der Waals surface area contributed by atoms with Gasteiger partial charge in [0.15, 0.2) is 0 Å². The van der Waals surface area contributed by atoms with Gasteiger partial charge in [0.05, 0.1) is 11.5 Å². The van der Waals surface area contributed by atoms with Crippen LogP contribution in [0.4, 0.5) is 0 Å². The molecule has 0 aromatic carbocycles. The summed E-state index contributed by atoms with van der Waals surface area (Å²) in [5.74, 6) is -2.49. The number of carbonyl (C=O) groups is 3. The smallest absolute Gasteiger partial charge is 0.313 e. The normalized spacial score (nSPS) is 32.7. The summed E-state index contributed by atoms with van der Waals surface area (Å²) < 4.78 is 11.8. The molecule has 3 rings (SSSR count). The molecule has 8 nitrogen and oxygen atoms in total. The van der Waals surface area contributed by atoms with Crippen molar-refractivity contribution in [1.29, 1.82) is 0 Å². The number of nitrogens with zero attached hydrogens (tertiary/aromatic N) is 2. The number of aliphatic hydroxyl groups excluding tert-OH is 1. The van der Waals surface area contributed by atoms with Crippen molar-refractivity contribution in [2.24, 2.45) is 11.8 Å². The third-order valence-corrected chi connectivity index (χ3v) is 7.11. The van der Waals surface area contributed by atoms with Gasteiger partial charge in [-0.15, -0.1) is 6.58 Å². The summed E-state index contributed by atoms with van der Waals surface area (Å²) >= 11 is 0. The second kappa shape index (κ2) is 9.75. The molecule has 0 aromatic heterocycles. The summed E-state index contributed by atoms with van der Waals surface area (Å²) in [6.07, 6.45) is 6.37. The highest BCUT2D eigenvalue weighted by atomic mass is 16.6. The molecule has 2 unspecified atom stereocenters. The Morgan fingerprint density at radius 3 is 2.69 bits per heavy atom. The maximum absolute atomic E-state index is 13.9. The number of ether oxygens (including phenoxy) is 2. The molecule has 5 atom stereocenters. The van der Waals surface area contributed by atoms with Gasteiger partial charge in [-0.05, 0) is 32.6 Å². The Morgan fingerprint density at radius 1 is 1.31 bits per heavy atom. The van der Waals surface area contributed by atoms with E-state index >= 15 is 0 Å². The first-order chi connectivity index (χ1) is 15.3. The molecule has 3 saturated heterocycles. The van der Waals surface area contributed by atoms with E-state index in [0.29, 0.717) is 32.4 Å². The number of amides is 2. The van der Waals surface area contributed by atoms with Crippen molar-refractivity contribution in [3.05, 3.63) is 25.3 Å². The lowest BCUT2D eigenvalue weighted by Crippen LogP contribution is -2.56. The predicted molar refractivity (Wildman–Crippen MR) is 118 cm³/mol. The van der Waals surface area contributed by atoms with Gasteiger partial charge in [-0.3, -0.25) is 14.4 Å². The predicted octanol–water partition coefficient (Wildman–Crippen LogP) is 1.68. The molecule has 3 fully saturated rings. The summed E-state index contributed by atoms with van der Waals surface area (Å²) in [6.45, 7) is 12.4. The minimum Gasteiger partial charge on any atom is -0.461 e. The molecule has 178 valence electrons. The van der Waals surface area contributed by atoms with Crippen LogP contribution in [0.25, 0.3) is 0 Å². The molecule has 1 N–H and O–H groups in total. The van der Waals surface area contributed by atoms with Crippen molar-refractivity contribution in [2.75, 3.05) is 32.8 Å². The minimum atomic E-state index is -1.07. The van der Waals surface area contributed by atoms with Gasteiger partial charge in [0.2, 0.25) is 11.8 Å². The monoisotopic (exact) mass is 448 g/mol. The highest BCUT2D eigenvalue weighted by Gasteiger charge is 2.78. The SMILES string of the molecule is C=CCOC(=O)[C@@H]1[C@H]2C(=O)N(CCCO)C(C(=O)N(CC=C)CCCC)C23CC[C@@]1(C)O3. The van der Waals surface area contributed by atoms with E-state index in [1.807, 2.05) is 6.92 Å². The fourth-order valence-corrected chi connectivity index (χ4v) is 5.74. The van der Waals surface area contributed by atoms with Crippen LogP contribution in [0.15, 0.2) is 25.3 Å². The molecular formula is C24H36N2O6. The zero-order valence-electron chi connectivity index (χ0n) is 19.3. The van der Waals surface area contributed by atoms with Crippen LogP contribution >= 0.6 is 0 Å². The fourth-order valence-electron chi connectivity index (χ4n) is 5.74. The first-order valence-electron chi connectivity index (χ1n) is 11.6. The summed E-state index contributed by atoms with van der Waals surface area (Å²) in [5.41, 5.74) is -1.92. The number of aliphatic hydroxyl groups is 1. The van der Waals surface area contributed by atoms with Crippen LogP contribution in [-0.2, 0) is 23.9 Å². The first-order valence-corrected chi connectivity index (χ1v) is 11.6. The van der Waals surface area contributed by atoms with Crippen LogP contribution in [0.1, 0.15) is 46.0 Å². The minimum absolute atomic E-state index is 0.0556. The summed E-state index contributed by atoms with van der Waals surface area (Å²) in [6, 6.07) is -0.831. The van der Waals surface area contributed by atoms with Crippen LogP contribution in [0.2, 0.25) is 0 Å². The van der Waals surface area contributed by atoms with Gasteiger partial charge in [0.1, 0.15) is 24.2 Å². The van der Waals surface area contributed by atoms with Crippen molar-refractivity contribution in [3.63, 3.8) is 0 Å². The Morgan fingerprint density at radius 2 is 2.06 bits per heavy atom. The van der Waals surface area contributed by atoms with Gasteiger partial charge in [0.25, 0.3) is 0 Å². The first kappa shape index (κ1) is 24.5. The second-order valence-electron chi connectivity index (χ2n) is 9.18. The van der Waals surface area contributed by atoms with E-state index in [4.69, 9.17) is 9.47 Å². The maximum Gasteiger partial charge on any atom is 0.313 e. The van der Waals surface area contributed by atoms with Crippen molar-refractivity contribution in [1.82, 2.24) is 9.80 Å². The highest BCUT2D eigenvalue weighted by Crippen LogP contribution is 2.63. The lowest BCUT2D eigenvalue weighted by Gasteiger charge is -2.36. The average Bonchev–Trinajstić information content (AvgIpc) is 3.33. The van der Waals surface area contributed by atoms with Gasteiger partial charge in [-0.25, -0.2) is 0 Å². The van der Waals surface area contributed by atoms with E-state index < -0.39 is 35.0 Å². The Bertz CT molecular complexity index is 770. The van der Waals surface area contributed by atoms with E-state index in [2.05, 4.69) is 20.1 Å². The molecule has 3 aliphatic rings. The molecule has 8 heteroatoms. The quantitative estimate of drug-likeness (QED) is 0.360. The second-order valence-corrected chi connectivity index (χ2v) is 9.18. The highest BCUT2D eigenvalue weighted by molar-refractivity contribution is 5.98. The fraction of sp³-hybridized carbons (Fsp3) is 0.708. The number of hydrogen-bond acceptors (Lipinski definition) is 6. The summed E-state index contributed by atoms with van der Waals surface area (Å²) in [5, 5.41) is 9.40. The molecule has 0 aromatic rings. The number of fused-ring (bicyclic) bond motifs is 1. The number of likely N-dealkylation sites (tertiary alicyclic amines) is 1. The molecule has 32 heavy (non-hydrogen) atoms. The number of esters is 1. The van der Waals surface area contributed by atoms with E-state index in [-0.39, 0.29) is 31.6 Å². The number of rotatable bonds is 12. The average molecular weight is 449 g/mol. The van der Waals surface area contributed by atoms with Gasteiger partial charge < -0.3 is 24.4 Å². The summed E-state index contributed by atoms with van der Waals surface area (Å²) in [4.78, 5) is 43.8. The molecular weight excluding hydrogens is 412 g/mol. The van der Waals surface area contributed by atoms with E-state index in [9.17, 15) is 19.5 Å². The van der Waals surface area contributed by atoms with Crippen LogP contribution in [0.3, 0.4) is 0 Å². The molecule has 0 saturated carbocycles. The van der Waals surface area contributed by atoms with Crippen molar-refractivity contribution in [2.45, 2.75) is 63.2 Å². The molecule has 3 heterocycles. The van der Waals surface area contributed by atoms with E-state index in [1.165, 1.54) is 11.0 Å². The third kappa shape index (κ3) is 3.88. The third-order valence-electron chi connectivity index (χ3n) is 7.11. The van der Waals surface area contributed by atoms with Gasteiger partial charge in [0, 0.05) is 26.2 Å². The lowest BCUT2D eigenvalue weighted by molar-refractivity contribution is -0.159. The molecule has 1 spiro atoms. The largest absolute Gasteiger partial charge is 0.461 e. The molecule has 2 amide bonds. The standard InChI is InChI=1S/C24H36N2O6/c1-5-8-13-25(12-6-2)21(29)19-24-11-10-23(4,32-24)18(22(30)31-16-7-3)17(24)20(28)26(19)14-9-15-27/h6-7,17-19,27H,2-3,5,8-16H2,1,4H3/t17-,18-,19?,23+,24?/m0/s1. The Balaban J connectivity index is 2.01. The van der Waals surface area contributed by atoms with E-state index in [1.54, 1.807) is 11.0 Å².